The second-order valence-corrected chi connectivity index (χ2v) is 4.92. The second-order valence-electron chi connectivity index (χ2n) is 4.92. The van der Waals surface area contributed by atoms with Crippen molar-refractivity contribution in [2.75, 3.05) is 13.2 Å². The fourth-order valence-corrected chi connectivity index (χ4v) is 2.14. The number of urea groups is 1. The van der Waals surface area contributed by atoms with Gasteiger partial charge in [0.15, 0.2) is 0 Å². The minimum atomic E-state index is -1.31. The van der Waals surface area contributed by atoms with Gasteiger partial charge in [-0.15, -0.1) is 0 Å². The van der Waals surface area contributed by atoms with Gasteiger partial charge in [-0.05, 0) is 25.7 Å². The lowest BCUT2D eigenvalue weighted by molar-refractivity contribution is -0.140. The third-order valence-electron chi connectivity index (χ3n) is 3.34. The van der Waals surface area contributed by atoms with Crippen LogP contribution in [0.4, 0.5) is 4.79 Å². The molecule has 114 valence electrons. The van der Waals surface area contributed by atoms with Crippen molar-refractivity contribution < 1.29 is 24.2 Å². The molecule has 0 aromatic rings. The van der Waals surface area contributed by atoms with Crippen LogP contribution in [0.5, 0.6) is 0 Å². The number of carboxylic acids is 1. The molecule has 0 spiro atoms. The van der Waals surface area contributed by atoms with Gasteiger partial charge in [0, 0.05) is 19.3 Å². The summed E-state index contributed by atoms with van der Waals surface area (Å²) < 4.78 is 5.24. The SMILES string of the molecule is CC(NC(=O)N[C@@H](CC(N)=O)C(=O)O)C1CCOCC1. The van der Waals surface area contributed by atoms with Crippen molar-refractivity contribution in [3.63, 3.8) is 0 Å². The van der Waals surface area contributed by atoms with Crippen molar-refractivity contribution in [2.45, 2.75) is 38.3 Å². The van der Waals surface area contributed by atoms with Gasteiger partial charge >= 0.3 is 12.0 Å². The maximum Gasteiger partial charge on any atom is 0.326 e. The van der Waals surface area contributed by atoms with E-state index in [4.69, 9.17) is 15.6 Å². The smallest absolute Gasteiger partial charge is 0.326 e. The first-order valence-corrected chi connectivity index (χ1v) is 6.56. The number of carbonyl (C=O) groups is 3. The Balaban J connectivity index is 2.43. The summed E-state index contributed by atoms with van der Waals surface area (Å²) >= 11 is 0. The number of rotatable bonds is 6. The van der Waals surface area contributed by atoms with Crippen LogP contribution in [0.15, 0.2) is 0 Å². The van der Waals surface area contributed by atoms with Crippen LogP contribution in [0.3, 0.4) is 0 Å². The molecule has 8 heteroatoms. The average molecular weight is 287 g/mol. The van der Waals surface area contributed by atoms with Gasteiger partial charge in [0.1, 0.15) is 6.04 Å². The predicted molar refractivity (Wildman–Crippen MR) is 69.9 cm³/mol. The highest BCUT2D eigenvalue weighted by Gasteiger charge is 2.25. The molecule has 0 aromatic heterocycles. The van der Waals surface area contributed by atoms with Gasteiger partial charge in [0.2, 0.25) is 5.91 Å². The Morgan fingerprint density at radius 3 is 2.40 bits per heavy atom. The third kappa shape index (κ3) is 5.43. The fraction of sp³-hybridized carbons (Fsp3) is 0.750. The van der Waals surface area contributed by atoms with E-state index < -0.39 is 30.4 Å². The van der Waals surface area contributed by atoms with E-state index in [1.54, 1.807) is 0 Å². The molecule has 1 saturated heterocycles. The maximum atomic E-state index is 11.7. The van der Waals surface area contributed by atoms with Gasteiger partial charge in [-0.2, -0.15) is 0 Å². The Morgan fingerprint density at radius 1 is 1.30 bits per heavy atom. The van der Waals surface area contributed by atoms with Gasteiger partial charge in [-0.1, -0.05) is 0 Å². The number of carbonyl (C=O) groups excluding carboxylic acids is 2. The number of nitrogens with two attached hydrogens (primary N) is 1. The third-order valence-corrected chi connectivity index (χ3v) is 3.34. The zero-order valence-electron chi connectivity index (χ0n) is 11.4. The largest absolute Gasteiger partial charge is 0.480 e. The lowest BCUT2D eigenvalue weighted by atomic mass is 9.93. The monoisotopic (exact) mass is 287 g/mol. The second kappa shape index (κ2) is 7.68. The van der Waals surface area contributed by atoms with E-state index in [2.05, 4.69) is 10.6 Å². The zero-order valence-corrected chi connectivity index (χ0v) is 11.4. The van der Waals surface area contributed by atoms with E-state index in [9.17, 15) is 14.4 Å². The molecule has 8 nitrogen and oxygen atoms in total. The Labute approximate surface area is 117 Å². The summed E-state index contributed by atoms with van der Waals surface area (Å²) in [4.78, 5) is 33.4. The van der Waals surface area contributed by atoms with Crippen LogP contribution in [0.1, 0.15) is 26.2 Å². The van der Waals surface area contributed by atoms with Crippen molar-refractivity contribution in [2.24, 2.45) is 11.7 Å². The van der Waals surface area contributed by atoms with Crippen LogP contribution < -0.4 is 16.4 Å². The van der Waals surface area contributed by atoms with E-state index >= 15 is 0 Å². The average Bonchev–Trinajstić information content (AvgIpc) is 2.38. The highest BCUT2D eigenvalue weighted by molar-refractivity contribution is 5.87. The summed E-state index contributed by atoms with van der Waals surface area (Å²) in [5, 5.41) is 13.8. The molecule has 1 rings (SSSR count). The molecule has 1 fully saturated rings. The van der Waals surface area contributed by atoms with Gasteiger partial charge < -0.3 is 26.2 Å². The van der Waals surface area contributed by atoms with Crippen LogP contribution in [-0.4, -0.2) is 48.3 Å². The molecule has 20 heavy (non-hydrogen) atoms. The van der Waals surface area contributed by atoms with E-state index in [1.807, 2.05) is 6.92 Å². The van der Waals surface area contributed by atoms with E-state index in [1.165, 1.54) is 0 Å². The molecule has 0 aromatic carbocycles. The van der Waals surface area contributed by atoms with Crippen molar-refractivity contribution in [3.05, 3.63) is 0 Å². The minimum Gasteiger partial charge on any atom is -0.480 e. The van der Waals surface area contributed by atoms with E-state index in [-0.39, 0.29) is 6.04 Å². The first-order valence-electron chi connectivity index (χ1n) is 6.56. The summed E-state index contributed by atoms with van der Waals surface area (Å²) in [6.45, 7) is 3.19. The first kappa shape index (κ1) is 16.2. The number of hydrogen-bond donors (Lipinski definition) is 4. The molecule has 0 bridgehead atoms. The number of amides is 3. The zero-order chi connectivity index (χ0) is 15.1. The normalized spacial score (nSPS) is 18.9. The van der Waals surface area contributed by atoms with Crippen molar-refractivity contribution >= 4 is 17.9 Å². The van der Waals surface area contributed by atoms with Crippen LogP contribution >= 0.6 is 0 Å². The Kier molecular flexibility index (Phi) is 6.23. The van der Waals surface area contributed by atoms with Crippen LogP contribution in [0.2, 0.25) is 0 Å². The van der Waals surface area contributed by atoms with Gasteiger partial charge in [0.25, 0.3) is 0 Å². The number of aliphatic carboxylic acids is 1. The van der Waals surface area contributed by atoms with Crippen molar-refractivity contribution in [3.8, 4) is 0 Å². The van der Waals surface area contributed by atoms with Crippen molar-refractivity contribution in [1.29, 1.82) is 0 Å². The summed E-state index contributed by atoms with van der Waals surface area (Å²) in [5.74, 6) is -1.78. The maximum absolute atomic E-state index is 11.7. The van der Waals surface area contributed by atoms with E-state index in [0.29, 0.717) is 19.1 Å². The Morgan fingerprint density at radius 2 is 1.90 bits per heavy atom. The Bertz CT molecular complexity index is 368. The standard InChI is InChI=1S/C12H21N3O5/c1-7(8-2-4-20-5-3-8)14-12(19)15-9(11(17)18)6-10(13)16/h7-9H,2-6H2,1H3,(H2,13,16)(H,17,18)(H2,14,15,19)/t7?,9-/m0/s1. The van der Waals surface area contributed by atoms with Crippen molar-refractivity contribution in [1.82, 2.24) is 10.6 Å². The lowest BCUT2D eigenvalue weighted by Gasteiger charge is -2.28. The lowest BCUT2D eigenvalue weighted by Crippen LogP contribution is -2.51. The summed E-state index contributed by atoms with van der Waals surface area (Å²) in [6, 6.07) is -2.02. The molecule has 2 atom stereocenters. The molecule has 5 N–H and O–H groups in total. The highest BCUT2D eigenvalue weighted by Crippen LogP contribution is 2.18. The quantitative estimate of drug-likeness (QED) is 0.519. The molecule has 1 unspecified atom stereocenters. The van der Waals surface area contributed by atoms with Crippen LogP contribution in [0, 0.1) is 5.92 Å². The molecule has 3 amide bonds. The van der Waals surface area contributed by atoms with Gasteiger partial charge in [-0.25, -0.2) is 9.59 Å². The topological polar surface area (TPSA) is 131 Å². The number of nitrogens with one attached hydrogen (secondary N) is 2. The molecule has 0 saturated carbocycles. The highest BCUT2D eigenvalue weighted by atomic mass is 16.5. The van der Waals surface area contributed by atoms with E-state index in [0.717, 1.165) is 12.8 Å². The first-order chi connectivity index (χ1) is 9.40. The number of ether oxygens (including phenoxy) is 1. The minimum absolute atomic E-state index is 0.0954. The number of carboxylic acid groups (broad SMARTS) is 1. The fourth-order valence-electron chi connectivity index (χ4n) is 2.14. The molecule has 1 aliphatic heterocycles. The summed E-state index contributed by atoms with van der Waals surface area (Å²) in [6.07, 6.45) is 1.27. The van der Waals surface area contributed by atoms with Gasteiger partial charge in [-0.3, -0.25) is 4.79 Å². The predicted octanol–water partition coefficient (Wildman–Crippen LogP) is -0.571. The molecule has 0 aliphatic carbocycles. The van der Waals surface area contributed by atoms with Crippen LogP contribution in [-0.2, 0) is 14.3 Å². The number of primary amides is 1. The van der Waals surface area contributed by atoms with Gasteiger partial charge in [0.05, 0.1) is 6.42 Å². The summed E-state index contributed by atoms with van der Waals surface area (Å²) in [7, 11) is 0. The molecular formula is C12H21N3O5. The molecule has 1 heterocycles. The molecule has 1 aliphatic rings. The molecular weight excluding hydrogens is 266 g/mol. The number of hydrogen-bond acceptors (Lipinski definition) is 4. The Hall–Kier alpha value is -1.83. The molecule has 0 radical (unpaired) electrons. The van der Waals surface area contributed by atoms with Crippen LogP contribution in [0.25, 0.3) is 0 Å². The summed E-state index contributed by atoms with van der Waals surface area (Å²) in [5.41, 5.74) is 4.94.